The number of halogens is 3. The van der Waals surface area contributed by atoms with Gasteiger partial charge in [-0.25, -0.2) is 4.68 Å². The van der Waals surface area contributed by atoms with Crippen LogP contribution in [-0.4, -0.2) is 31.7 Å². The third-order valence-electron chi connectivity index (χ3n) is 5.04. The molecule has 190 valence electrons. The Labute approximate surface area is 208 Å². The molecule has 0 aliphatic heterocycles. The van der Waals surface area contributed by atoms with Crippen molar-refractivity contribution in [1.29, 1.82) is 0 Å². The summed E-state index contributed by atoms with van der Waals surface area (Å²) in [6, 6.07) is 16.3. The van der Waals surface area contributed by atoms with Crippen molar-refractivity contribution in [1.82, 2.24) is 14.8 Å². The fraction of sp³-hybridized carbons (Fsp3) is 0.160. The first-order valence-corrected chi connectivity index (χ1v) is 11.0. The summed E-state index contributed by atoms with van der Waals surface area (Å²) in [5, 5.41) is 18.0. The van der Waals surface area contributed by atoms with E-state index in [-0.39, 0.29) is 34.8 Å². The van der Waals surface area contributed by atoms with E-state index in [4.69, 9.17) is 4.74 Å². The standard InChI is InChI=1S/C25H20F3N5O4/c1-15(2)37-24-30-22(16-6-3-8-18(12-16)25(26,27)28)32(31-24)20-10-5-9-19(14-20)29-23(34)17-7-4-11-21(13-17)33(35)36/h3-15H,1-2H3,(H,29,34). The maximum absolute atomic E-state index is 13.3. The summed E-state index contributed by atoms with van der Waals surface area (Å²) in [6.07, 6.45) is -4.83. The maximum Gasteiger partial charge on any atom is 0.416 e. The average molecular weight is 511 g/mol. The Balaban J connectivity index is 1.71. The van der Waals surface area contributed by atoms with Crippen LogP contribution in [0.1, 0.15) is 29.8 Å². The minimum atomic E-state index is -4.55. The SMILES string of the molecule is CC(C)Oc1nc(-c2cccc(C(F)(F)F)c2)n(-c2cccc(NC(=O)c3cccc([N+](=O)[O-])c3)c2)n1. The van der Waals surface area contributed by atoms with E-state index >= 15 is 0 Å². The van der Waals surface area contributed by atoms with Crippen LogP contribution in [0.25, 0.3) is 17.1 Å². The van der Waals surface area contributed by atoms with Gasteiger partial charge in [-0.1, -0.05) is 24.3 Å². The summed E-state index contributed by atoms with van der Waals surface area (Å²) in [5.41, 5.74) is -0.123. The predicted molar refractivity (Wildman–Crippen MR) is 129 cm³/mol. The van der Waals surface area contributed by atoms with Gasteiger partial charge in [-0.15, -0.1) is 5.10 Å². The molecule has 0 saturated heterocycles. The predicted octanol–water partition coefficient (Wildman–Crippen LogP) is 5.90. The zero-order valence-electron chi connectivity index (χ0n) is 19.6. The molecule has 12 heteroatoms. The van der Waals surface area contributed by atoms with Gasteiger partial charge in [-0.05, 0) is 50.2 Å². The first-order chi connectivity index (χ1) is 17.5. The normalized spacial score (nSPS) is 11.4. The number of hydrogen-bond acceptors (Lipinski definition) is 6. The molecule has 0 aliphatic carbocycles. The molecular formula is C25H20F3N5O4. The topological polar surface area (TPSA) is 112 Å². The third kappa shape index (κ3) is 5.92. The number of aromatic nitrogens is 3. The summed E-state index contributed by atoms with van der Waals surface area (Å²) in [6.45, 7) is 3.52. The molecule has 1 heterocycles. The molecule has 1 aromatic heterocycles. The van der Waals surface area contributed by atoms with Gasteiger partial charge in [0.05, 0.1) is 22.3 Å². The summed E-state index contributed by atoms with van der Waals surface area (Å²) in [5.74, 6) is -0.481. The van der Waals surface area contributed by atoms with E-state index in [1.54, 1.807) is 38.1 Å². The van der Waals surface area contributed by atoms with E-state index in [9.17, 15) is 28.1 Å². The van der Waals surface area contributed by atoms with Crippen LogP contribution in [0.5, 0.6) is 6.01 Å². The maximum atomic E-state index is 13.3. The number of alkyl halides is 3. The number of rotatable bonds is 7. The van der Waals surface area contributed by atoms with Crippen molar-refractivity contribution < 1.29 is 27.6 Å². The average Bonchev–Trinajstić information content (AvgIpc) is 3.27. The van der Waals surface area contributed by atoms with Gasteiger partial charge in [0.25, 0.3) is 11.6 Å². The number of non-ortho nitro benzene ring substituents is 1. The Hall–Kier alpha value is -4.74. The molecule has 4 rings (SSSR count). The van der Waals surface area contributed by atoms with Gasteiger partial charge in [0.1, 0.15) is 0 Å². The summed E-state index contributed by atoms with van der Waals surface area (Å²) < 4.78 is 46.9. The van der Waals surface area contributed by atoms with Crippen LogP contribution in [0.15, 0.2) is 72.8 Å². The Bertz CT molecular complexity index is 1470. The zero-order valence-corrected chi connectivity index (χ0v) is 19.6. The van der Waals surface area contributed by atoms with Gasteiger partial charge in [0.2, 0.25) is 0 Å². The zero-order chi connectivity index (χ0) is 26.7. The lowest BCUT2D eigenvalue weighted by atomic mass is 10.1. The molecule has 0 aliphatic rings. The van der Waals surface area contributed by atoms with Crippen molar-refractivity contribution >= 4 is 17.3 Å². The number of carbonyl (C=O) groups is 1. The molecule has 3 aromatic carbocycles. The van der Waals surface area contributed by atoms with Gasteiger partial charge in [0.15, 0.2) is 5.82 Å². The molecule has 9 nitrogen and oxygen atoms in total. The molecule has 0 unspecified atom stereocenters. The van der Waals surface area contributed by atoms with Crippen LogP contribution in [0.4, 0.5) is 24.5 Å². The van der Waals surface area contributed by atoms with Gasteiger partial charge in [0, 0.05) is 28.9 Å². The smallest absolute Gasteiger partial charge is 0.416 e. The lowest BCUT2D eigenvalue weighted by Gasteiger charge is -2.11. The van der Waals surface area contributed by atoms with E-state index in [0.717, 1.165) is 18.2 Å². The monoisotopic (exact) mass is 511 g/mol. The fourth-order valence-electron chi connectivity index (χ4n) is 3.43. The van der Waals surface area contributed by atoms with Gasteiger partial charge >= 0.3 is 12.2 Å². The highest BCUT2D eigenvalue weighted by atomic mass is 19.4. The molecular weight excluding hydrogens is 491 g/mol. The highest BCUT2D eigenvalue weighted by Gasteiger charge is 2.31. The Kier molecular flexibility index (Phi) is 6.92. The van der Waals surface area contributed by atoms with Gasteiger partial charge in [-0.3, -0.25) is 14.9 Å². The molecule has 0 atom stereocenters. The van der Waals surface area contributed by atoms with Crippen molar-refractivity contribution in [3.63, 3.8) is 0 Å². The number of nitro benzene ring substituents is 1. The Morgan fingerprint density at radius 1 is 1.05 bits per heavy atom. The summed E-state index contributed by atoms with van der Waals surface area (Å²) >= 11 is 0. The number of benzene rings is 3. The number of hydrogen-bond donors (Lipinski definition) is 1. The molecule has 0 radical (unpaired) electrons. The number of nitro groups is 1. The van der Waals surface area contributed by atoms with E-state index in [1.165, 1.54) is 35.0 Å². The number of nitrogens with zero attached hydrogens (tertiary/aromatic N) is 4. The molecule has 1 amide bonds. The highest BCUT2D eigenvalue weighted by molar-refractivity contribution is 6.04. The molecule has 0 fully saturated rings. The second kappa shape index (κ2) is 10.1. The first-order valence-electron chi connectivity index (χ1n) is 11.0. The molecule has 37 heavy (non-hydrogen) atoms. The number of amides is 1. The van der Waals surface area contributed by atoms with Crippen LogP contribution in [0.2, 0.25) is 0 Å². The van der Waals surface area contributed by atoms with Crippen LogP contribution < -0.4 is 10.1 Å². The number of nitrogens with one attached hydrogen (secondary N) is 1. The Morgan fingerprint density at radius 3 is 2.49 bits per heavy atom. The molecule has 0 saturated carbocycles. The minimum absolute atomic E-state index is 0.0338. The largest absolute Gasteiger partial charge is 0.460 e. The lowest BCUT2D eigenvalue weighted by Crippen LogP contribution is -2.12. The summed E-state index contributed by atoms with van der Waals surface area (Å²) in [7, 11) is 0. The molecule has 0 spiro atoms. The van der Waals surface area contributed by atoms with Crippen molar-refractivity contribution in [2.45, 2.75) is 26.1 Å². The van der Waals surface area contributed by atoms with Crippen LogP contribution in [0.3, 0.4) is 0 Å². The van der Waals surface area contributed by atoms with Gasteiger partial charge in [-0.2, -0.15) is 18.2 Å². The fourth-order valence-corrected chi connectivity index (χ4v) is 3.43. The minimum Gasteiger partial charge on any atom is -0.460 e. The van der Waals surface area contributed by atoms with Crippen molar-refractivity contribution in [2.75, 3.05) is 5.32 Å². The van der Waals surface area contributed by atoms with E-state index in [2.05, 4.69) is 15.4 Å². The van der Waals surface area contributed by atoms with Crippen molar-refractivity contribution in [2.24, 2.45) is 0 Å². The second-order valence-corrected chi connectivity index (χ2v) is 8.19. The Morgan fingerprint density at radius 2 is 1.78 bits per heavy atom. The van der Waals surface area contributed by atoms with E-state index in [1.807, 2.05) is 0 Å². The highest BCUT2D eigenvalue weighted by Crippen LogP contribution is 2.33. The van der Waals surface area contributed by atoms with Gasteiger partial charge < -0.3 is 10.1 Å². The number of carbonyl (C=O) groups excluding carboxylic acids is 1. The molecule has 4 aromatic rings. The van der Waals surface area contributed by atoms with Crippen molar-refractivity contribution in [3.05, 3.63) is 94.0 Å². The molecule has 1 N–H and O–H groups in total. The van der Waals surface area contributed by atoms with Crippen LogP contribution in [0, 0.1) is 10.1 Å². The van der Waals surface area contributed by atoms with Crippen LogP contribution >= 0.6 is 0 Å². The third-order valence-corrected chi connectivity index (χ3v) is 5.04. The summed E-state index contributed by atoms with van der Waals surface area (Å²) in [4.78, 5) is 27.4. The van der Waals surface area contributed by atoms with Crippen LogP contribution in [-0.2, 0) is 6.18 Å². The number of anilines is 1. The first kappa shape index (κ1) is 25.4. The lowest BCUT2D eigenvalue weighted by molar-refractivity contribution is -0.384. The van der Waals surface area contributed by atoms with E-state index < -0.39 is 22.6 Å². The number of ether oxygens (including phenoxy) is 1. The quantitative estimate of drug-likeness (QED) is 0.244. The van der Waals surface area contributed by atoms with Crippen molar-refractivity contribution in [3.8, 4) is 23.1 Å². The van der Waals surface area contributed by atoms with E-state index in [0.29, 0.717) is 11.4 Å². The molecule has 0 bridgehead atoms. The second-order valence-electron chi connectivity index (χ2n) is 8.19.